The molecule has 1 aliphatic heterocycles. The maximum absolute atomic E-state index is 6.02. The molecule has 1 fully saturated rings. The largest absolute Gasteiger partial charge is 0.489 e. The summed E-state index contributed by atoms with van der Waals surface area (Å²) in [4.78, 5) is 1.30. The van der Waals surface area contributed by atoms with Crippen LogP contribution in [0.4, 0.5) is 0 Å². The second kappa shape index (κ2) is 8.64. The lowest BCUT2D eigenvalue weighted by molar-refractivity contribution is 0.239. The zero-order chi connectivity index (χ0) is 18.5. The molecule has 1 saturated heterocycles. The average molecular weight is 376 g/mol. The molecule has 3 aromatic rings. The number of hydrogen-bond acceptors (Lipinski definition) is 3. The van der Waals surface area contributed by atoms with Crippen LogP contribution in [0.1, 0.15) is 23.6 Å². The van der Waals surface area contributed by atoms with Crippen LogP contribution in [0.2, 0.25) is 0 Å². The fourth-order valence-electron chi connectivity index (χ4n) is 3.26. The minimum absolute atomic E-state index is 0.598. The molecule has 2 nitrogen and oxygen atoms in total. The van der Waals surface area contributed by atoms with Crippen LogP contribution in [0.25, 0.3) is 0 Å². The summed E-state index contributed by atoms with van der Waals surface area (Å²) >= 11 is 1.85. The van der Waals surface area contributed by atoms with Crippen molar-refractivity contribution in [1.29, 1.82) is 0 Å². The van der Waals surface area contributed by atoms with Crippen molar-refractivity contribution in [3.05, 3.63) is 95.6 Å². The number of benzene rings is 3. The van der Waals surface area contributed by atoms with E-state index in [9.17, 15) is 0 Å². The van der Waals surface area contributed by atoms with E-state index >= 15 is 0 Å². The van der Waals surface area contributed by atoms with Gasteiger partial charge in [-0.1, -0.05) is 61.5 Å². The fraction of sp³-hybridized carbons (Fsp3) is 0.250. The summed E-state index contributed by atoms with van der Waals surface area (Å²) in [6.07, 6.45) is 0.930. The van der Waals surface area contributed by atoms with Crippen molar-refractivity contribution in [2.75, 3.05) is 13.1 Å². The van der Waals surface area contributed by atoms with Crippen molar-refractivity contribution in [2.24, 2.45) is 5.92 Å². The molecule has 0 amide bonds. The quantitative estimate of drug-likeness (QED) is 0.483. The third kappa shape index (κ3) is 5.15. The molecule has 27 heavy (non-hydrogen) atoms. The normalized spacial score (nSPS) is 14.7. The summed E-state index contributed by atoms with van der Waals surface area (Å²) in [5.74, 6) is 1.76. The Balaban J connectivity index is 1.31. The molecule has 0 unspecified atom stereocenters. The van der Waals surface area contributed by atoms with E-state index in [4.69, 9.17) is 4.74 Å². The molecule has 0 aliphatic carbocycles. The summed E-state index contributed by atoms with van der Waals surface area (Å²) in [5, 5.41) is 0. The van der Waals surface area contributed by atoms with Gasteiger partial charge in [0.1, 0.15) is 12.4 Å². The van der Waals surface area contributed by atoms with Gasteiger partial charge in [0, 0.05) is 18.0 Å². The van der Waals surface area contributed by atoms with E-state index in [-0.39, 0.29) is 0 Å². The highest BCUT2D eigenvalue weighted by atomic mass is 32.2. The topological polar surface area (TPSA) is 12.5 Å². The molecular formula is C24H25NOS. The van der Waals surface area contributed by atoms with Gasteiger partial charge in [0.2, 0.25) is 0 Å². The Hall–Kier alpha value is -2.23. The van der Waals surface area contributed by atoms with E-state index < -0.39 is 0 Å². The maximum Gasteiger partial charge on any atom is 0.120 e. The van der Waals surface area contributed by atoms with Gasteiger partial charge in [0.05, 0.1) is 0 Å². The van der Waals surface area contributed by atoms with E-state index in [1.807, 2.05) is 18.0 Å². The first-order chi connectivity index (χ1) is 13.2. The molecule has 1 heterocycles. The Labute approximate surface area is 166 Å². The number of rotatable bonds is 7. The van der Waals surface area contributed by atoms with Crippen LogP contribution in [0.15, 0.2) is 83.8 Å². The van der Waals surface area contributed by atoms with E-state index in [1.165, 1.54) is 34.7 Å². The highest BCUT2D eigenvalue weighted by Gasteiger charge is 2.22. The van der Waals surface area contributed by atoms with Gasteiger partial charge in [0.15, 0.2) is 0 Å². The molecule has 0 aromatic heterocycles. The second-order valence-corrected chi connectivity index (χ2v) is 8.46. The van der Waals surface area contributed by atoms with Crippen LogP contribution in [-0.4, -0.2) is 17.4 Å². The van der Waals surface area contributed by atoms with E-state index in [2.05, 4.69) is 84.0 Å². The molecule has 1 aliphatic rings. The third-order valence-corrected chi connectivity index (χ3v) is 5.78. The smallest absolute Gasteiger partial charge is 0.120 e. The zero-order valence-corrected chi connectivity index (χ0v) is 16.5. The standard InChI is InChI=1S/C24H25NOS/c1-19-16-25(17-19)27-24-12-10-21(11-13-24)18-26-23-9-5-8-22(15-23)14-20-6-3-2-4-7-20/h2-13,15,19H,14,16-18H2,1H3. The molecule has 138 valence electrons. The third-order valence-electron chi connectivity index (χ3n) is 4.74. The van der Waals surface area contributed by atoms with Crippen LogP contribution < -0.4 is 4.74 Å². The summed E-state index contributed by atoms with van der Waals surface area (Å²) in [6.45, 7) is 5.27. The Morgan fingerprint density at radius 3 is 2.33 bits per heavy atom. The Bertz CT molecular complexity index is 857. The van der Waals surface area contributed by atoms with Crippen molar-refractivity contribution in [3.63, 3.8) is 0 Å². The van der Waals surface area contributed by atoms with Crippen molar-refractivity contribution in [3.8, 4) is 5.75 Å². The van der Waals surface area contributed by atoms with Crippen LogP contribution in [0.3, 0.4) is 0 Å². The van der Waals surface area contributed by atoms with Gasteiger partial charge in [-0.3, -0.25) is 0 Å². The van der Waals surface area contributed by atoms with Crippen LogP contribution in [0.5, 0.6) is 5.75 Å². The van der Waals surface area contributed by atoms with Gasteiger partial charge >= 0.3 is 0 Å². The van der Waals surface area contributed by atoms with Crippen molar-refractivity contribution >= 4 is 11.9 Å². The molecule has 0 atom stereocenters. The molecular weight excluding hydrogens is 350 g/mol. The highest BCUT2D eigenvalue weighted by molar-refractivity contribution is 7.97. The zero-order valence-electron chi connectivity index (χ0n) is 15.7. The highest BCUT2D eigenvalue weighted by Crippen LogP contribution is 2.30. The van der Waals surface area contributed by atoms with Gasteiger partial charge in [-0.15, -0.1) is 0 Å². The van der Waals surface area contributed by atoms with Gasteiger partial charge in [-0.05, 0) is 65.2 Å². The van der Waals surface area contributed by atoms with Crippen molar-refractivity contribution in [2.45, 2.75) is 24.8 Å². The average Bonchev–Trinajstić information content (AvgIpc) is 2.67. The number of hydrogen-bond donors (Lipinski definition) is 0. The number of nitrogens with zero attached hydrogens (tertiary/aromatic N) is 1. The molecule has 3 aromatic carbocycles. The molecule has 0 spiro atoms. The van der Waals surface area contributed by atoms with E-state index in [0.717, 1.165) is 18.1 Å². The van der Waals surface area contributed by atoms with Gasteiger partial charge in [0.25, 0.3) is 0 Å². The molecule has 0 N–H and O–H groups in total. The molecule has 0 radical (unpaired) electrons. The summed E-state index contributed by atoms with van der Waals surface area (Å²) in [6, 6.07) is 27.7. The minimum atomic E-state index is 0.598. The Morgan fingerprint density at radius 2 is 1.59 bits per heavy atom. The first kappa shape index (κ1) is 18.1. The second-order valence-electron chi connectivity index (χ2n) is 7.29. The van der Waals surface area contributed by atoms with Crippen LogP contribution >= 0.6 is 11.9 Å². The minimum Gasteiger partial charge on any atom is -0.489 e. The lowest BCUT2D eigenvalue weighted by atomic mass is 10.1. The van der Waals surface area contributed by atoms with Crippen molar-refractivity contribution < 1.29 is 4.74 Å². The molecule has 0 bridgehead atoms. The Morgan fingerprint density at radius 1 is 0.852 bits per heavy atom. The maximum atomic E-state index is 6.02. The fourth-order valence-corrected chi connectivity index (χ4v) is 4.47. The van der Waals surface area contributed by atoms with Crippen LogP contribution in [-0.2, 0) is 13.0 Å². The predicted molar refractivity (Wildman–Crippen MR) is 113 cm³/mol. The van der Waals surface area contributed by atoms with Gasteiger partial charge in [-0.25, -0.2) is 4.31 Å². The van der Waals surface area contributed by atoms with Crippen molar-refractivity contribution in [1.82, 2.24) is 4.31 Å². The van der Waals surface area contributed by atoms with E-state index in [1.54, 1.807) is 0 Å². The van der Waals surface area contributed by atoms with E-state index in [0.29, 0.717) is 6.61 Å². The predicted octanol–water partition coefficient (Wildman–Crippen LogP) is 5.82. The lowest BCUT2D eigenvalue weighted by Crippen LogP contribution is -2.39. The summed E-state index contributed by atoms with van der Waals surface area (Å²) < 4.78 is 8.43. The van der Waals surface area contributed by atoms with Gasteiger partial charge in [-0.2, -0.15) is 0 Å². The SMILES string of the molecule is CC1CN(Sc2ccc(COc3cccc(Cc4ccccc4)c3)cc2)C1. The van der Waals surface area contributed by atoms with Gasteiger partial charge < -0.3 is 4.74 Å². The lowest BCUT2D eigenvalue weighted by Gasteiger charge is -2.35. The summed E-state index contributed by atoms with van der Waals surface area (Å²) in [7, 11) is 0. The molecule has 0 saturated carbocycles. The monoisotopic (exact) mass is 375 g/mol. The Kier molecular flexibility index (Phi) is 5.81. The first-order valence-electron chi connectivity index (χ1n) is 9.52. The number of ether oxygens (including phenoxy) is 1. The van der Waals surface area contributed by atoms with Crippen LogP contribution in [0, 0.1) is 5.92 Å². The summed E-state index contributed by atoms with van der Waals surface area (Å²) in [5.41, 5.74) is 3.79. The molecule has 4 rings (SSSR count). The molecule has 3 heteroatoms. The first-order valence-corrected chi connectivity index (χ1v) is 10.3.